The second-order valence-corrected chi connectivity index (χ2v) is 14.8. The van der Waals surface area contributed by atoms with Crippen molar-refractivity contribution in [1.29, 1.82) is 0 Å². The number of hydrogen-bond donors (Lipinski definition) is 3. The largest absolute Gasteiger partial charge is 0.350 e. The van der Waals surface area contributed by atoms with E-state index in [1.165, 1.54) is 16.9 Å². The zero-order valence-electron chi connectivity index (χ0n) is 25.4. The molecule has 0 bridgehead atoms. The Morgan fingerprint density at radius 1 is 1.10 bits per heavy atom. The zero-order valence-corrected chi connectivity index (χ0v) is 27.0. The first-order valence-electron chi connectivity index (χ1n) is 14.7. The molecule has 0 aliphatic carbocycles. The van der Waals surface area contributed by atoms with Crippen molar-refractivity contribution >= 4 is 49.1 Å². The smallest absolute Gasteiger partial charge is 0.247 e. The molecule has 1 aliphatic rings. The van der Waals surface area contributed by atoms with Crippen LogP contribution < -0.4 is 16.0 Å². The fourth-order valence-corrected chi connectivity index (χ4v) is 6.99. The highest BCUT2D eigenvalue weighted by Crippen LogP contribution is 2.27. The predicted octanol–water partition coefficient (Wildman–Crippen LogP) is 2.79. The van der Waals surface area contributed by atoms with Crippen LogP contribution in [0.5, 0.6) is 0 Å². The second-order valence-electron chi connectivity index (χ2n) is 11.4. The minimum absolute atomic E-state index is 0.0502. The number of carbonyl (C=O) groups is 3. The average molecular weight is 620 g/mol. The van der Waals surface area contributed by atoms with Crippen molar-refractivity contribution in [3.63, 3.8) is 0 Å². The first-order chi connectivity index (χ1) is 19.8. The third-order valence-corrected chi connectivity index (χ3v) is 10.4. The highest BCUT2D eigenvalue weighted by Gasteiger charge is 2.28. The van der Waals surface area contributed by atoms with Gasteiger partial charge in [-0.2, -0.15) is 0 Å². The molecule has 1 saturated heterocycles. The van der Waals surface area contributed by atoms with Crippen molar-refractivity contribution in [1.82, 2.24) is 25.8 Å². The Kier molecular flexibility index (Phi) is 12.1. The number of rotatable bonds is 14. The summed E-state index contributed by atoms with van der Waals surface area (Å²) in [6.45, 7) is 15.1. The average Bonchev–Trinajstić information content (AvgIpc) is 3.36. The second kappa shape index (κ2) is 15.1. The minimum atomic E-state index is -3.01. The maximum absolute atomic E-state index is 13.5. The third-order valence-electron chi connectivity index (χ3n) is 7.79. The van der Waals surface area contributed by atoms with Crippen molar-refractivity contribution in [2.45, 2.75) is 71.9 Å². The van der Waals surface area contributed by atoms with E-state index in [1.54, 1.807) is 6.92 Å². The molecule has 3 amide bonds. The molecule has 0 saturated carbocycles. The molecule has 2 heterocycles. The zero-order chi connectivity index (χ0) is 31.0. The minimum Gasteiger partial charge on any atom is -0.350 e. The van der Waals surface area contributed by atoms with Gasteiger partial charge in [0.05, 0.1) is 26.7 Å². The fraction of sp³-hybridized carbons (Fsp3) is 0.600. The van der Waals surface area contributed by atoms with Gasteiger partial charge in [-0.3, -0.25) is 19.3 Å². The van der Waals surface area contributed by atoms with Gasteiger partial charge in [0.25, 0.3) is 0 Å². The van der Waals surface area contributed by atoms with Gasteiger partial charge in [0.1, 0.15) is 6.04 Å². The predicted molar refractivity (Wildman–Crippen MR) is 168 cm³/mol. The van der Waals surface area contributed by atoms with Crippen molar-refractivity contribution in [2.75, 3.05) is 37.7 Å². The first kappa shape index (κ1) is 33.7. The Balaban J connectivity index is 1.66. The molecule has 232 valence electrons. The van der Waals surface area contributed by atoms with Gasteiger partial charge in [0.15, 0.2) is 9.84 Å². The van der Waals surface area contributed by atoms with E-state index in [-0.39, 0.29) is 67.1 Å². The summed E-state index contributed by atoms with van der Waals surface area (Å²) in [5, 5.41) is 9.56. The molecule has 12 heteroatoms. The maximum Gasteiger partial charge on any atom is 0.247 e. The molecule has 3 rings (SSSR count). The van der Waals surface area contributed by atoms with Gasteiger partial charge in [0, 0.05) is 50.6 Å². The fourth-order valence-electron chi connectivity index (χ4n) is 4.66. The van der Waals surface area contributed by atoms with Gasteiger partial charge in [-0.15, -0.1) is 11.3 Å². The monoisotopic (exact) mass is 619 g/mol. The lowest BCUT2D eigenvalue weighted by Crippen LogP contribution is -2.54. The molecule has 3 N–H and O–H groups in total. The van der Waals surface area contributed by atoms with E-state index in [2.05, 4.69) is 48.5 Å². The Hall–Kier alpha value is -2.83. The summed E-state index contributed by atoms with van der Waals surface area (Å²) in [5.74, 6) is -0.293. The lowest BCUT2D eigenvalue weighted by atomic mass is 9.98. The SMILES string of the molecule is C=C(CN1CCS(=O)(=O)CC1)C(=O)NCC(NC(=O)[C@H](Cc1nc2ccc(C(C)C)cc2s1)NC(=O)CC)[C@@H](C)CC. The highest BCUT2D eigenvalue weighted by atomic mass is 32.2. The van der Waals surface area contributed by atoms with Crippen LogP contribution in [-0.4, -0.2) is 85.8 Å². The number of nitrogens with one attached hydrogen (secondary N) is 3. The number of fused-ring (bicyclic) bond motifs is 1. The van der Waals surface area contributed by atoms with Gasteiger partial charge < -0.3 is 16.0 Å². The van der Waals surface area contributed by atoms with E-state index >= 15 is 0 Å². The number of sulfone groups is 1. The first-order valence-corrected chi connectivity index (χ1v) is 17.3. The van der Waals surface area contributed by atoms with Crippen LogP contribution in [0.15, 0.2) is 30.4 Å². The van der Waals surface area contributed by atoms with E-state index in [4.69, 9.17) is 4.98 Å². The topological polar surface area (TPSA) is 138 Å². The Labute approximate surface area is 253 Å². The van der Waals surface area contributed by atoms with Crippen molar-refractivity contribution < 1.29 is 22.8 Å². The van der Waals surface area contributed by atoms with Gasteiger partial charge >= 0.3 is 0 Å². The van der Waals surface area contributed by atoms with Gasteiger partial charge in [-0.1, -0.05) is 53.7 Å². The van der Waals surface area contributed by atoms with Crippen LogP contribution in [0.3, 0.4) is 0 Å². The number of amides is 3. The number of thiazole rings is 1. The number of carbonyl (C=O) groups excluding carboxylic acids is 3. The highest BCUT2D eigenvalue weighted by molar-refractivity contribution is 7.91. The van der Waals surface area contributed by atoms with E-state index in [0.717, 1.165) is 21.6 Å². The molecule has 1 fully saturated rings. The quantitative estimate of drug-likeness (QED) is 0.277. The summed E-state index contributed by atoms with van der Waals surface area (Å²) in [6, 6.07) is 5.01. The molecule has 2 aromatic rings. The lowest BCUT2D eigenvalue weighted by molar-refractivity contribution is -0.129. The van der Waals surface area contributed by atoms with Crippen molar-refractivity contribution in [2.24, 2.45) is 5.92 Å². The summed E-state index contributed by atoms with van der Waals surface area (Å²) in [4.78, 5) is 45.4. The molecule has 42 heavy (non-hydrogen) atoms. The number of aromatic nitrogens is 1. The summed E-state index contributed by atoms with van der Waals surface area (Å²) in [7, 11) is -3.01. The molecule has 1 aliphatic heterocycles. The molecule has 0 spiro atoms. The van der Waals surface area contributed by atoms with E-state index in [9.17, 15) is 22.8 Å². The molecule has 1 aromatic heterocycles. The lowest BCUT2D eigenvalue weighted by Gasteiger charge is -2.28. The van der Waals surface area contributed by atoms with Crippen LogP contribution in [0.4, 0.5) is 0 Å². The van der Waals surface area contributed by atoms with Gasteiger partial charge in [-0.05, 0) is 29.5 Å². The van der Waals surface area contributed by atoms with Gasteiger partial charge in [-0.25, -0.2) is 13.4 Å². The molecular weight excluding hydrogens is 574 g/mol. The molecular formula is C30H45N5O5S2. The van der Waals surface area contributed by atoms with Crippen LogP contribution in [0.2, 0.25) is 0 Å². The van der Waals surface area contributed by atoms with Crippen LogP contribution >= 0.6 is 11.3 Å². The summed E-state index contributed by atoms with van der Waals surface area (Å²) < 4.78 is 24.4. The third kappa shape index (κ3) is 9.60. The summed E-state index contributed by atoms with van der Waals surface area (Å²) in [6.07, 6.45) is 1.28. The van der Waals surface area contributed by atoms with E-state index < -0.39 is 15.9 Å². The Morgan fingerprint density at radius 3 is 2.40 bits per heavy atom. The normalized spacial score (nSPS) is 17.4. The molecule has 3 atom stereocenters. The molecule has 1 unspecified atom stereocenters. The van der Waals surface area contributed by atoms with E-state index in [0.29, 0.717) is 24.6 Å². The number of hydrogen-bond acceptors (Lipinski definition) is 8. The van der Waals surface area contributed by atoms with Gasteiger partial charge in [0.2, 0.25) is 17.7 Å². The molecule has 10 nitrogen and oxygen atoms in total. The van der Waals surface area contributed by atoms with Crippen LogP contribution in [0.25, 0.3) is 10.2 Å². The summed E-state index contributed by atoms with van der Waals surface area (Å²) in [5.41, 5.74) is 2.43. The number of nitrogens with zero attached hydrogens (tertiary/aromatic N) is 2. The van der Waals surface area contributed by atoms with Crippen molar-refractivity contribution in [3.05, 3.63) is 40.9 Å². The Bertz CT molecular complexity index is 1370. The van der Waals surface area contributed by atoms with Crippen LogP contribution in [0, 0.1) is 5.92 Å². The standard InChI is InChI=1S/C30H45N5O5S2/c1-7-20(5)25(17-31-29(37)21(6)18-35-11-13-42(39,40)14-12-35)34-30(38)24(32-27(36)8-2)16-28-33-23-10-9-22(19(3)4)15-26(23)41-28/h9-10,15,19-20,24-25H,6-8,11-14,16-18H2,1-5H3,(H,31,37)(H,32,36)(H,34,38)/t20-,24-,25?/m0/s1. The molecule has 0 radical (unpaired) electrons. The Morgan fingerprint density at radius 2 is 1.79 bits per heavy atom. The van der Waals surface area contributed by atoms with Crippen molar-refractivity contribution in [3.8, 4) is 0 Å². The van der Waals surface area contributed by atoms with Crippen LogP contribution in [0.1, 0.15) is 63.9 Å². The summed E-state index contributed by atoms with van der Waals surface area (Å²) >= 11 is 1.52. The molecule has 1 aromatic carbocycles. The number of benzene rings is 1. The van der Waals surface area contributed by atoms with E-state index in [1.807, 2.05) is 24.8 Å². The maximum atomic E-state index is 13.5. The van der Waals surface area contributed by atoms with Crippen LogP contribution in [-0.2, 0) is 30.6 Å².